The normalized spacial score (nSPS) is 9.90. The summed E-state index contributed by atoms with van der Waals surface area (Å²) in [4.78, 5) is 3.53. The number of nitrogens with two attached hydrogens (primary N) is 1. The lowest BCUT2D eigenvalue weighted by atomic mass is 10.3. The van der Waals surface area contributed by atoms with Crippen molar-refractivity contribution in [3.8, 4) is 0 Å². The van der Waals surface area contributed by atoms with E-state index in [0.717, 1.165) is 0 Å². The van der Waals surface area contributed by atoms with Crippen molar-refractivity contribution >= 4 is 21.6 Å². The quantitative estimate of drug-likeness (QED) is 0.656. The minimum Gasteiger partial charge on any atom is -0.397 e. The Balaban J connectivity index is 3.28. The first-order valence-corrected chi connectivity index (χ1v) is 3.48. The van der Waals surface area contributed by atoms with Crippen molar-refractivity contribution in [3.05, 3.63) is 22.2 Å². The molecular formula is C6H6BrFN2. The number of hydrogen-bond donors (Lipinski definition) is 1. The van der Waals surface area contributed by atoms with Crippen molar-refractivity contribution in [2.75, 3.05) is 5.73 Å². The van der Waals surface area contributed by atoms with Crippen LogP contribution in [0.25, 0.3) is 0 Å². The first-order chi connectivity index (χ1) is 4.61. The largest absolute Gasteiger partial charge is 0.397 e. The third-order valence-corrected chi connectivity index (χ3v) is 1.72. The maximum absolute atomic E-state index is 12.5. The van der Waals surface area contributed by atoms with Crippen LogP contribution in [0.2, 0.25) is 0 Å². The molecule has 1 aromatic rings. The molecule has 0 aromatic carbocycles. The van der Waals surface area contributed by atoms with Crippen LogP contribution in [0.1, 0.15) is 5.69 Å². The summed E-state index contributed by atoms with van der Waals surface area (Å²) < 4.78 is 12.8. The molecule has 0 fully saturated rings. The fourth-order valence-corrected chi connectivity index (χ4v) is 0.901. The van der Waals surface area contributed by atoms with Gasteiger partial charge in [0.25, 0.3) is 0 Å². The molecule has 0 aliphatic carbocycles. The average Bonchev–Trinajstić information content (AvgIpc) is 1.84. The van der Waals surface area contributed by atoms with E-state index in [9.17, 15) is 4.39 Å². The molecule has 0 saturated heterocycles. The topological polar surface area (TPSA) is 38.9 Å². The Bertz CT molecular complexity index is 212. The summed E-state index contributed by atoms with van der Waals surface area (Å²) >= 11 is 2.96. The smallest absolute Gasteiger partial charge is 0.227 e. The third-order valence-electron chi connectivity index (χ3n) is 1.16. The van der Waals surface area contributed by atoms with Gasteiger partial charge in [-0.2, -0.15) is 4.39 Å². The van der Waals surface area contributed by atoms with Crippen LogP contribution < -0.4 is 5.73 Å². The zero-order chi connectivity index (χ0) is 7.72. The number of aromatic nitrogens is 1. The minimum absolute atomic E-state index is 0.301. The van der Waals surface area contributed by atoms with Crippen LogP contribution in [0.5, 0.6) is 0 Å². The van der Waals surface area contributed by atoms with E-state index in [2.05, 4.69) is 20.9 Å². The van der Waals surface area contributed by atoms with Gasteiger partial charge in [-0.1, -0.05) is 0 Å². The second-order valence-electron chi connectivity index (χ2n) is 1.94. The van der Waals surface area contributed by atoms with E-state index in [4.69, 9.17) is 5.73 Å². The highest BCUT2D eigenvalue weighted by atomic mass is 79.9. The lowest BCUT2D eigenvalue weighted by molar-refractivity contribution is 0.573. The van der Waals surface area contributed by atoms with Crippen LogP contribution in [0, 0.1) is 12.9 Å². The molecule has 1 aromatic heterocycles. The second-order valence-corrected chi connectivity index (χ2v) is 2.79. The molecule has 1 heterocycles. The summed E-state index contributed by atoms with van der Waals surface area (Å²) in [7, 11) is 0. The highest BCUT2D eigenvalue weighted by Crippen LogP contribution is 2.18. The van der Waals surface area contributed by atoms with Gasteiger partial charge >= 0.3 is 0 Å². The van der Waals surface area contributed by atoms with Crippen LogP contribution in [0.4, 0.5) is 10.1 Å². The minimum atomic E-state index is -0.522. The van der Waals surface area contributed by atoms with Crippen molar-refractivity contribution in [1.82, 2.24) is 4.98 Å². The number of nitrogens with zero attached hydrogens (tertiary/aromatic N) is 1. The Kier molecular flexibility index (Phi) is 1.89. The van der Waals surface area contributed by atoms with Crippen LogP contribution in [-0.2, 0) is 0 Å². The number of nitrogen functional groups attached to an aromatic ring is 1. The van der Waals surface area contributed by atoms with Gasteiger partial charge in [-0.05, 0) is 28.9 Å². The van der Waals surface area contributed by atoms with Gasteiger partial charge in [0, 0.05) is 0 Å². The first kappa shape index (κ1) is 7.47. The Morgan fingerprint density at radius 3 is 2.80 bits per heavy atom. The zero-order valence-electron chi connectivity index (χ0n) is 5.36. The van der Waals surface area contributed by atoms with Crippen molar-refractivity contribution in [2.24, 2.45) is 0 Å². The number of halogens is 2. The molecule has 10 heavy (non-hydrogen) atoms. The Labute approximate surface area is 66.4 Å². The molecule has 54 valence electrons. The van der Waals surface area contributed by atoms with Gasteiger partial charge in [0.15, 0.2) is 0 Å². The molecule has 0 spiro atoms. The van der Waals surface area contributed by atoms with E-state index in [1.165, 1.54) is 6.07 Å². The van der Waals surface area contributed by atoms with Gasteiger partial charge in [-0.25, -0.2) is 4.98 Å². The van der Waals surface area contributed by atoms with Crippen LogP contribution in [-0.4, -0.2) is 4.98 Å². The second kappa shape index (κ2) is 2.54. The van der Waals surface area contributed by atoms with E-state index in [0.29, 0.717) is 15.9 Å². The van der Waals surface area contributed by atoms with Crippen LogP contribution in [0.15, 0.2) is 10.5 Å². The van der Waals surface area contributed by atoms with E-state index < -0.39 is 5.95 Å². The van der Waals surface area contributed by atoms with Crippen molar-refractivity contribution < 1.29 is 4.39 Å². The number of anilines is 1. The highest BCUT2D eigenvalue weighted by molar-refractivity contribution is 9.10. The fourth-order valence-electron chi connectivity index (χ4n) is 0.566. The molecule has 0 radical (unpaired) electrons. The summed E-state index contributed by atoms with van der Waals surface area (Å²) in [6, 6.07) is 1.50. The molecule has 1 rings (SSSR count). The number of pyridine rings is 1. The van der Waals surface area contributed by atoms with Gasteiger partial charge in [0.2, 0.25) is 5.95 Å². The predicted molar refractivity (Wildman–Crippen MR) is 41.0 cm³/mol. The summed E-state index contributed by atoms with van der Waals surface area (Å²) in [5, 5.41) is 0. The maximum Gasteiger partial charge on any atom is 0.227 e. The molecule has 2 N–H and O–H groups in total. The molecule has 0 saturated carbocycles. The van der Waals surface area contributed by atoms with E-state index >= 15 is 0 Å². The van der Waals surface area contributed by atoms with Gasteiger partial charge in [0.1, 0.15) is 0 Å². The lowest BCUT2D eigenvalue weighted by Gasteiger charge is -1.98. The zero-order valence-corrected chi connectivity index (χ0v) is 6.94. The Morgan fingerprint density at radius 2 is 2.30 bits per heavy atom. The predicted octanol–water partition coefficient (Wildman–Crippen LogP) is 1.87. The molecule has 0 atom stereocenters. The van der Waals surface area contributed by atoms with Crippen molar-refractivity contribution in [1.29, 1.82) is 0 Å². The lowest BCUT2D eigenvalue weighted by Crippen LogP contribution is -1.95. The highest BCUT2D eigenvalue weighted by Gasteiger charge is 2.02. The number of rotatable bonds is 0. The van der Waals surface area contributed by atoms with Gasteiger partial charge in [-0.3, -0.25) is 0 Å². The van der Waals surface area contributed by atoms with Gasteiger partial charge in [0.05, 0.1) is 15.9 Å². The van der Waals surface area contributed by atoms with Crippen LogP contribution in [0.3, 0.4) is 0 Å². The average molecular weight is 205 g/mol. The Hall–Kier alpha value is -0.640. The molecule has 0 aliphatic rings. The van der Waals surface area contributed by atoms with E-state index in [-0.39, 0.29) is 0 Å². The summed E-state index contributed by atoms with van der Waals surface area (Å²) in [5.41, 5.74) is 6.44. The Morgan fingerprint density at radius 1 is 1.70 bits per heavy atom. The molecule has 0 aliphatic heterocycles. The molecule has 4 heteroatoms. The van der Waals surface area contributed by atoms with Crippen molar-refractivity contribution in [2.45, 2.75) is 6.92 Å². The first-order valence-electron chi connectivity index (χ1n) is 2.69. The summed E-state index contributed by atoms with van der Waals surface area (Å²) in [6.45, 7) is 1.66. The van der Waals surface area contributed by atoms with E-state index in [1.807, 2.05) is 0 Å². The monoisotopic (exact) mass is 204 g/mol. The van der Waals surface area contributed by atoms with Crippen molar-refractivity contribution in [3.63, 3.8) is 0 Å². The standard InChI is InChI=1S/C6H6BrFN2/c1-3-5(9)2-4(7)6(8)10-3/h2H,9H2,1H3. The van der Waals surface area contributed by atoms with Crippen LogP contribution >= 0.6 is 15.9 Å². The number of hydrogen-bond acceptors (Lipinski definition) is 2. The number of aryl methyl sites for hydroxylation is 1. The third kappa shape index (κ3) is 1.26. The fraction of sp³-hybridized carbons (Fsp3) is 0.167. The summed E-state index contributed by atoms with van der Waals surface area (Å²) in [5.74, 6) is -0.522. The summed E-state index contributed by atoms with van der Waals surface area (Å²) in [6.07, 6.45) is 0. The van der Waals surface area contributed by atoms with Gasteiger partial charge < -0.3 is 5.73 Å². The van der Waals surface area contributed by atoms with Gasteiger partial charge in [-0.15, -0.1) is 0 Å². The molecule has 0 unspecified atom stereocenters. The molecule has 0 bridgehead atoms. The van der Waals surface area contributed by atoms with E-state index in [1.54, 1.807) is 6.92 Å². The molecule has 0 amide bonds. The molecular weight excluding hydrogens is 199 g/mol. The maximum atomic E-state index is 12.5. The molecule has 2 nitrogen and oxygen atoms in total. The SMILES string of the molecule is Cc1nc(F)c(Br)cc1N.